The smallest absolute Gasteiger partial charge is 0.152 e. The van der Waals surface area contributed by atoms with Crippen LogP contribution in [0.5, 0.6) is 0 Å². The first-order chi connectivity index (χ1) is 4.10. The average Bonchev–Trinajstić information content (AvgIpc) is 1.78. The first kappa shape index (κ1) is 10.2. The summed E-state index contributed by atoms with van der Waals surface area (Å²) in [5.41, 5.74) is 0. The third kappa shape index (κ3) is 2.86. The standard InChI is InChI=1S/C5H11NO2S.ClH/c1-6-2-4-9(7,8)5-3-6;/h2-5H2,1H3;1H. The molecule has 0 radical (unpaired) electrons. The zero-order valence-corrected chi connectivity index (χ0v) is 7.54. The minimum atomic E-state index is -2.66. The van der Waals surface area contributed by atoms with Gasteiger partial charge in [-0.05, 0) is 7.05 Å². The summed E-state index contributed by atoms with van der Waals surface area (Å²) in [6, 6.07) is 0. The van der Waals surface area contributed by atoms with Crippen molar-refractivity contribution in [3.05, 3.63) is 0 Å². The van der Waals surface area contributed by atoms with Gasteiger partial charge in [-0.2, -0.15) is 0 Å². The van der Waals surface area contributed by atoms with Crippen LogP contribution in [0.3, 0.4) is 0 Å². The summed E-state index contributed by atoms with van der Waals surface area (Å²) in [5.74, 6) is 0.674. The van der Waals surface area contributed by atoms with Crippen LogP contribution in [0, 0.1) is 0 Å². The molecule has 0 bridgehead atoms. The fourth-order valence-electron chi connectivity index (χ4n) is 0.804. The van der Waals surface area contributed by atoms with E-state index in [9.17, 15) is 8.42 Å². The van der Waals surface area contributed by atoms with Gasteiger partial charge >= 0.3 is 0 Å². The Hall–Kier alpha value is 0.200. The Morgan fingerprint density at radius 2 is 1.60 bits per heavy atom. The van der Waals surface area contributed by atoms with E-state index in [1.54, 1.807) is 0 Å². The van der Waals surface area contributed by atoms with Crippen LogP contribution in [0.2, 0.25) is 0 Å². The lowest BCUT2D eigenvalue weighted by Crippen LogP contribution is -2.37. The van der Waals surface area contributed by atoms with E-state index in [1.807, 2.05) is 11.9 Å². The molecule has 0 aromatic rings. The zero-order chi connectivity index (χ0) is 6.91. The van der Waals surface area contributed by atoms with Crippen LogP contribution in [0.15, 0.2) is 0 Å². The highest BCUT2D eigenvalue weighted by Gasteiger charge is 2.17. The summed E-state index contributed by atoms with van der Waals surface area (Å²) in [7, 11) is -0.718. The van der Waals surface area contributed by atoms with Gasteiger partial charge in [0.2, 0.25) is 0 Å². The molecule has 0 aromatic carbocycles. The number of hydrogen-bond donors (Lipinski definition) is 0. The van der Waals surface area contributed by atoms with E-state index in [0.717, 1.165) is 0 Å². The van der Waals surface area contributed by atoms with Crippen molar-refractivity contribution in [3.63, 3.8) is 0 Å². The Kier molecular flexibility index (Phi) is 3.62. The predicted octanol–water partition coefficient (Wildman–Crippen LogP) is -0.232. The first-order valence-corrected chi connectivity index (χ1v) is 4.81. The molecular formula is C5H12ClNO2S. The van der Waals surface area contributed by atoms with Crippen LogP contribution >= 0.6 is 12.4 Å². The molecule has 5 heteroatoms. The van der Waals surface area contributed by atoms with Gasteiger partial charge in [0, 0.05) is 13.1 Å². The molecule has 1 saturated heterocycles. The molecule has 1 heterocycles. The minimum absolute atomic E-state index is 0. The van der Waals surface area contributed by atoms with Crippen molar-refractivity contribution >= 4 is 22.2 Å². The Morgan fingerprint density at radius 3 is 1.90 bits per heavy atom. The van der Waals surface area contributed by atoms with E-state index >= 15 is 0 Å². The van der Waals surface area contributed by atoms with E-state index in [2.05, 4.69) is 0 Å². The molecule has 0 atom stereocenters. The van der Waals surface area contributed by atoms with Gasteiger partial charge in [0.05, 0.1) is 11.5 Å². The molecule has 0 aliphatic carbocycles. The van der Waals surface area contributed by atoms with Crippen molar-refractivity contribution in [1.82, 2.24) is 4.90 Å². The molecule has 0 amide bonds. The molecule has 1 aliphatic heterocycles. The monoisotopic (exact) mass is 185 g/mol. The third-order valence-corrected chi connectivity index (χ3v) is 3.18. The van der Waals surface area contributed by atoms with Crippen LogP contribution in [0.25, 0.3) is 0 Å². The molecule has 1 rings (SSSR count). The molecule has 1 fully saturated rings. The highest BCUT2D eigenvalue weighted by molar-refractivity contribution is 7.91. The van der Waals surface area contributed by atoms with E-state index in [1.165, 1.54) is 0 Å². The Morgan fingerprint density at radius 1 is 1.20 bits per heavy atom. The second-order valence-electron chi connectivity index (χ2n) is 2.46. The van der Waals surface area contributed by atoms with Gasteiger partial charge in [0.25, 0.3) is 0 Å². The maximum atomic E-state index is 10.8. The second kappa shape index (κ2) is 3.55. The average molecular weight is 186 g/mol. The molecular weight excluding hydrogens is 174 g/mol. The molecule has 62 valence electrons. The van der Waals surface area contributed by atoms with Crippen molar-refractivity contribution < 1.29 is 8.42 Å². The van der Waals surface area contributed by atoms with Crippen molar-refractivity contribution in [2.75, 3.05) is 31.6 Å². The van der Waals surface area contributed by atoms with Gasteiger partial charge < -0.3 is 4.90 Å². The largest absolute Gasteiger partial charge is 0.304 e. The number of hydrogen-bond acceptors (Lipinski definition) is 3. The number of rotatable bonds is 0. The third-order valence-electron chi connectivity index (χ3n) is 1.57. The molecule has 10 heavy (non-hydrogen) atoms. The molecule has 0 N–H and O–H groups in total. The van der Waals surface area contributed by atoms with Gasteiger partial charge in [-0.3, -0.25) is 0 Å². The molecule has 0 aromatic heterocycles. The van der Waals surface area contributed by atoms with Gasteiger partial charge in [-0.25, -0.2) is 8.42 Å². The van der Waals surface area contributed by atoms with Gasteiger partial charge in [-0.1, -0.05) is 0 Å². The summed E-state index contributed by atoms with van der Waals surface area (Å²) >= 11 is 0. The molecule has 0 spiro atoms. The van der Waals surface area contributed by atoms with Crippen LogP contribution in [0.1, 0.15) is 0 Å². The quantitative estimate of drug-likeness (QED) is 0.523. The lowest BCUT2D eigenvalue weighted by atomic mass is 10.6. The van der Waals surface area contributed by atoms with E-state index in [0.29, 0.717) is 24.6 Å². The summed E-state index contributed by atoms with van der Waals surface area (Å²) in [6.07, 6.45) is 0. The van der Waals surface area contributed by atoms with E-state index in [4.69, 9.17) is 0 Å². The van der Waals surface area contributed by atoms with Gasteiger partial charge in [0.1, 0.15) is 0 Å². The summed E-state index contributed by atoms with van der Waals surface area (Å²) in [5, 5.41) is 0. The normalized spacial score (nSPS) is 25.3. The fraction of sp³-hybridized carbons (Fsp3) is 1.00. The molecule has 0 unspecified atom stereocenters. The SMILES string of the molecule is CN1CCS(=O)(=O)CC1.Cl. The van der Waals surface area contributed by atoms with Crippen LogP contribution in [-0.2, 0) is 9.84 Å². The summed E-state index contributed by atoms with van der Waals surface area (Å²) in [4.78, 5) is 2.03. The fourth-order valence-corrected chi connectivity index (χ4v) is 2.19. The molecule has 0 saturated carbocycles. The van der Waals surface area contributed by atoms with Crippen molar-refractivity contribution in [2.24, 2.45) is 0 Å². The lowest BCUT2D eigenvalue weighted by molar-refractivity contribution is 0.360. The summed E-state index contributed by atoms with van der Waals surface area (Å²) in [6.45, 7) is 1.39. The Balaban J connectivity index is 0.000000810. The maximum absolute atomic E-state index is 10.8. The second-order valence-corrected chi connectivity index (χ2v) is 4.76. The minimum Gasteiger partial charge on any atom is -0.304 e. The van der Waals surface area contributed by atoms with E-state index in [-0.39, 0.29) is 12.4 Å². The van der Waals surface area contributed by atoms with Crippen LogP contribution < -0.4 is 0 Å². The van der Waals surface area contributed by atoms with Gasteiger partial charge in [0.15, 0.2) is 9.84 Å². The van der Waals surface area contributed by atoms with E-state index < -0.39 is 9.84 Å². The number of nitrogens with zero attached hydrogens (tertiary/aromatic N) is 1. The van der Waals surface area contributed by atoms with Gasteiger partial charge in [-0.15, -0.1) is 12.4 Å². The molecule has 3 nitrogen and oxygen atoms in total. The zero-order valence-electron chi connectivity index (χ0n) is 5.91. The topological polar surface area (TPSA) is 37.4 Å². The Labute approximate surface area is 67.7 Å². The summed E-state index contributed by atoms with van der Waals surface area (Å²) < 4.78 is 21.5. The van der Waals surface area contributed by atoms with Crippen LogP contribution in [0.4, 0.5) is 0 Å². The highest BCUT2D eigenvalue weighted by Crippen LogP contribution is 1.99. The number of sulfone groups is 1. The first-order valence-electron chi connectivity index (χ1n) is 2.99. The molecule has 1 aliphatic rings. The lowest BCUT2D eigenvalue weighted by Gasteiger charge is -2.21. The number of halogens is 1. The highest BCUT2D eigenvalue weighted by atomic mass is 35.5. The predicted molar refractivity (Wildman–Crippen MR) is 43.4 cm³/mol. The van der Waals surface area contributed by atoms with Crippen molar-refractivity contribution in [2.45, 2.75) is 0 Å². The Bertz CT molecular complexity index is 176. The van der Waals surface area contributed by atoms with Crippen molar-refractivity contribution in [3.8, 4) is 0 Å². The maximum Gasteiger partial charge on any atom is 0.152 e. The van der Waals surface area contributed by atoms with Crippen LogP contribution in [-0.4, -0.2) is 45.0 Å². The van der Waals surface area contributed by atoms with Crippen molar-refractivity contribution in [1.29, 1.82) is 0 Å².